The van der Waals surface area contributed by atoms with E-state index in [-0.39, 0.29) is 13.2 Å². The van der Waals surface area contributed by atoms with Gasteiger partial charge in [-0.1, -0.05) is 12.1 Å². The number of pyridine rings is 2. The number of methoxy groups -OCH3 is 2. The molecule has 1 aliphatic rings. The van der Waals surface area contributed by atoms with Gasteiger partial charge >= 0.3 is 11.9 Å². The van der Waals surface area contributed by atoms with Gasteiger partial charge < -0.3 is 14.6 Å². The molecule has 0 amide bonds. The van der Waals surface area contributed by atoms with Crippen LogP contribution in [-0.4, -0.2) is 65.1 Å². The summed E-state index contributed by atoms with van der Waals surface area (Å²) < 4.78 is 9.79. The maximum atomic E-state index is 13.5. The molecule has 1 aliphatic heterocycles. The van der Waals surface area contributed by atoms with E-state index < -0.39 is 41.6 Å². The van der Waals surface area contributed by atoms with E-state index in [1.807, 2.05) is 0 Å². The van der Waals surface area contributed by atoms with Gasteiger partial charge in [-0.25, -0.2) is 0 Å². The molecule has 1 fully saturated rings. The molecule has 1 saturated heterocycles. The average molecular weight is 413 g/mol. The Hall–Kier alpha value is -3.17. The van der Waals surface area contributed by atoms with Gasteiger partial charge in [0.2, 0.25) is 0 Å². The third kappa shape index (κ3) is 3.94. The summed E-state index contributed by atoms with van der Waals surface area (Å²) in [6.07, 6.45) is 3.10. The van der Waals surface area contributed by atoms with Gasteiger partial charge in [0, 0.05) is 18.9 Å². The molecule has 0 radical (unpaired) electrons. The molecule has 0 saturated carbocycles. The van der Waals surface area contributed by atoms with Crippen LogP contribution < -0.4 is 0 Å². The van der Waals surface area contributed by atoms with Crippen molar-refractivity contribution in [1.29, 1.82) is 0 Å². The number of piperidine rings is 1. The Bertz CT molecular complexity index is 823. The molecule has 4 atom stereocenters. The Kier molecular flexibility index (Phi) is 6.86. The van der Waals surface area contributed by atoms with Crippen molar-refractivity contribution in [3.8, 4) is 0 Å². The van der Waals surface area contributed by atoms with Crippen LogP contribution in [0.2, 0.25) is 0 Å². The summed E-state index contributed by atoms with van der Waals surface area (Å²) in [4.78, 5) is 49.2. The van der Waals surface area contributed by atoms with E-state index >= 15 is 0 Å². The highest BCUT2D eigenvalue weighted by Gasteiger charge is 2.56. The number of hydrogen-bond donors (Lipinski definition) is 1. The van der Waals surface area contributed by atoms with Crippen molar-refractivity contribution in [2.24, 2.45) is 11.8 Å². The van der Waals surface area contributed by atoms with Gasteiger partial charge in [0.25, 0.3) is 0 Å². The van der Waals surface area contributed by atoms with Crippen molar-refractivity contribution in [2.75, 3.05) is 27.4 Å². The number of rotatable bonds is 6. The van der Waals surface area contributed by atoms with Crippen LogP contribution in [0.25, 0.3) is 0 Å². The number of β-amino-alcohol motifs (C(OH)–C–C–N with tert-alkyl or cyclic N) is 1. The van der Waals surface area contributed by atoms with Crippen molar-refractivity contribution >= 4 is 17.7 Å². The third-order valence-electron chi connectivity index (χ3n) is 5.21. The summed E-state index contributed by atoms with van der Waals surface area (Å²) in [5.41, 5.74) is 0.887. The van der Waals surface area contributed by atoms with Crippen LogP contribution >= 0.6 is 0 Å². The predicted octanol–water partition coefficient (Wildman–Crippen LogP) is 0.714. The van der Waals surface area contributed by atoms with Gasteiger partial charge in [0.05, 0.1) is 44.3 Å². The van der Waals surface area contributed by atoms with E-state index in [4.69, 9.17) is 9.47 Å². The number of nitrogens with zero attached hydrogens (tertiary/aromatic N) is 3. The standard InChI is InChI=1S/C21H23N3O6/c1-29-20(27)15-17(13-7-3-5-9-22-13)24(11-12-25)18(14-8-4-6-10-23-14)16(19(15)26)21(28)30-2/h3-10,15-18,25H,11-12H2,1-2H3/t15?,16?,17-,18+. The SMILES string of the molecule is COC(=O)C1C(=O)C(C(=O)OC)[C@H](c2ccccn2)N(CCO)[C@@H]1c1ccccn1. The lowest BCUT2D eigenvalue weighted by atomic mass is 9.74. The zero-order chi connectivity index (χ0) is 21.7. The minimum absolute atomic E-state index is 0.0662. The summed E-state index contributed by atoms with van der Waals surface area (Å²) in [5.74, 6) is -4.84. The maximum Gasteiger partial charge on any atom is 0.318 e. The van der Waals surface area contributed by atoms with Gasteiger partial charge in [-0.05, 0) is 24.3 Å². The zero-order valence-electron chi connectivity index (χ0n) is 16.7. The zero-order valence-corrected chi connectivity index (χ0v) is 16.7. The molecule has 0 bridgehead atoms. The lowest BCUT2D eigenvalue weighted by molar-refractivity contribution is -0.168. The average Bonchev–Trinajstić information content (AvgIpc) is 2.79. The number of carbonyl (C=O) groups is 3. The van der Waals surface area contributed by atoms with Gasteiger partial charge in [0.15, 0.2) is 5.78 Å². The molecule has 0 aromatic carbocycles. The third-order valence-corrected chi connectivity index (χ3v) is 5.21. The van der Waals surface area contributed by atoms with E-state index in [1.54, 1.807) is 53.7 Å². The molecule has 30 heavy (non-hydrogen) atoms. The molecule has 9 heteroatoms. The highest BCUT2D eigenvalue weighted by Crippen LogP contribution is 2.46. The fourth-order valence-corrected chi connectivity index (χ4v) is 3.98. The lowest BCUT2D eigenvalue weighted by Gasteiger charge is -2.46. The van der Waals surface area contributed by atoms with Crippen LogP contribution in [0.1, 0.15) is 23.5 Å². The van der Waals surface area contributed by atoms with E-state index in [1.165, 1.54) is 14.2 Å². The number of carbonyl (C=O) groups excluding carboxylic acids is 3. The number of aliphatic hydroxyl groups excluding tert-OH is 1. The molecule has 2 unspecified atom stereocenters. The number of Topliss-reactive ketones (excluding diaryl/α,β-unsaturated/α-hetero) is 1. The molecule has 1 N–H and O–H groups in total. The first-order valence-electron chi connectivity index (χ1n) is 9.43. The molecule has 2 aromatic rings. The van der Waals surface area contributed by atoms with Crippen molar-refractivity contribution < 1.29 is 29.0 Å². The largest absolute Gasteiger partial charge is 0.468 e. The van der Waals surface area contributed by atoms with E-state index in [2.05, 4.69) is 9.97 Å². The number of ether oxygens (including phenoxy) is 2. The van der Waals surface area contributed by atoms with Crippen LogP contribution in [0, 0.1) is 11.8 Å². The minimum Gasteiger partial charge on any atom is -0.468 e. The van der Waals surface area contributed by atoms with Crippen LogP contribution in [-0.2, 0) is 23.9 Å². The Balaban J connectivity index is 2.24. The minimum atomic E-state index is -1.32. The first-order valence-corrected chi connectivity index (χ1v) is 9.43. The summed E-state index contributed by atoms with van der Waals surface area (Å²) >= 11 is 0. The molecule has 9 nitrogen and oxygen atoms in total. The van der Waals surface area contributed by atoms with Gasteiger partial charge in [-0.2, -0.15) is 0 Å². The Morgan fingerprint density at radius 1 is 0.933 bits per heavy atom. The normalized spacial score (nSPS) is 24.3. The summed E-state index contributed by atoms with van der Waals surface area (Å²) in [5, 5.41) is 9.78. The summed E-state index contributed by atoms with van der Waals surface area (Å²) in [6, 6.07) is 8.56. The summed E-state index contributed by atoms with van der Waals surface area (Å²) in [6.45, 7) is -0.209. The van der Waals surface area contributed by atoms with Crippen molar-refractivity contribution in [2.45, 2.75) is 12.1 Å². The number of ketones is 1. The monoisotopic (exact) mass is 413 g/mol. The fraction of sp³-hybridized carbons (Fsp3) is 0.381. The Morgan fingerprint density at radius 3 is 1.73 bits per heavy atom. The van der Waals surface area contributed by atoms with Crippen molar-refractivity contribution in [1.82, 2.24) is 14.9 Å². The number of hydrogen-bond acceptors (Lipinski definition) is 9. The van der Waals surface area contributed by atoms with Crippen LogP contribution in [0.5, 0.6) is 0 Å². The van der Waals surface area contributed by atoms with Crippen molar-refractivity contribution in [3.05, 3.63) is 60.2 Å². The molecule has 158 valence electrons. The topological polar surface area (TPSA) is 119 Å². The number of likely N-dealkylation sites (tertiary alicyclic amines) is 1. The van der Waals surface area contributed by atoms with Crippen molar-refractivity contribution in [3.63, 3.8) is 0 Å². The lowest BCUT2D eigenvalue weighted by Crippen LogP contribution is -2.56. The van der Waals surface area contributed by atoms with Crippen LogP contribution in [0.3, 0.4) is 0 Å². The van der Waals surface area contributed by atoms with Gasteiger partial charge in [-0.15, -0.1) is 0 Å². The quantitative estimate of drug-likeness (QED) is 0.539. The van der Waals surface area contributed by atoms with E-state index in [9.17, 15) is 19.5 Å². The van der Waals surface area contributed by atoms with Gasteiger partial charge in [0.1, 0.15) is 11.8 Å². The smallest absolute Gasteiger partial charge is 0.318 e. The number of aromatic nitrogens is 2. The molecule has 3 heterocycles. The molecule has 3 rings (SSSR count). The number of esters is 2. The molecular weight excluding hydrogens is 390 g/mol. The van der Waals surface area contributed by atoms with E-state index in [0.717, 1.165) is 0 Å². The van der Waals surface area contributed by atoms with Crippen LogP contribution in [0.15, 0.2) is 48.8 Å². The van der Waals surface area contributed by atoms with Crippen LogP contribution in [0.4, 0.5) is 0 Å². The summed E-state index contributed by atoms with van der Waals surface area (Å²) in [7, 11) is 2.36. The van der Waals surface area contributed by atoms with E-state index in [0.29, 0.717) is 11.4 Å². The fourth-order valence-electron chi connectivity index (χ4n) is 3.98. The Labute approximate surface area is 173 Å². The predicted molar refractivity (Wildman–Crippen MR) is 104 cm³/mol. The molecule has 0 spiro atoms. The maximum absolute atomic E-state index is 13.5. The molecule has 2 aromatic heterocycles. The highest BCUT2D eigenvalue weighted by molar-refractivity contribution is 6.10. The second-order valence-corrected chi connectivity index (χ2v) is 6.76. The Morgan fingerprint density at radius 2 is 1.40 bits per heavy atom. The van der Waals surface area contributed by atoms with Gasteiger partial charge in [-0.3, -0.25) is 29.3 Å². The second kappa shape index (κ2) is 9.55. The molecule has 0 aliphatic carbocycles. The molecular formula is C21H23N3O6. The first-order chi connectivity index (χ1) is 14.5. The number of aliphatic hydroxyl groups is 1. The highest BCUT2D eigenvalue weighted by atomic mass is 16.5. The first kappa shape index (κ1) is 21.5. The second-order valence-electron chi connectivity index (χ2n) is 6.76.